The second-order valence-electron chi connectivity index (χ2n) is 5.01. The average Bonchev–Trinajstić information content (AvgIpc) is 3.02. The molecule has 0 bridgehead atoms. The predicted molar refractivity (Wildman–Crippen MR) is 82.8 cm³/mol. The van der Waals surface area contributed by atoms with E-state index in [0.717, 1.165) is 12.0 Å². The zero-order valence-electron chi connectivity index (χ0n) is 10.1. The number of rotatable bonds is 7. The van der Waals surface area contributed by atoms with Crippen LogP contribution >= 0.6 is 43.2 Å². The molecule has 1 nitrogen and oxygen atoms in total. The number of hydrogen-bond donors (Lipinski definition) is 1. The third kappa shape index (κ3) is 5.01. The summed E-state index contributed by atoms with van der Waals surface area (Å²) in [5.74, 6) is 0.812. The van der Waals surface area contributed by atoms with Crippen molar-refractivity contribution in [2.24, 2.45) is 5.92 Å². The molecule has 1 N–H and O–H groups in total. The Bertz CT molecular complexity index is 360. The molecule has 2 rings (SSSR count). The first-order valence-corrected chi connectivity index (χ1v) is 8.72. The smallest absolute Gasteiger partial charge is 0.0742 e. The van der Waals surface area contributed by atoms with Crippen LogP contribution in [0, 0.1) is 5.92 Å². The Morgan fingerprint density at radius 3 is 2.76 bits per heavy atom. The minimum Gasteiger partial charge on any atom is -0.314 e. The number of thiophene rings is 1. The van der Waals surface area contributed by atoms with E-state index in [2.05, 4.69) is 50.2 Å². The van der Waals surface area contributed by atoms with Gasteiger partial charge in [0.15, 0.2) is 0 Å². The molecule has 0 saturated heterocycles. The Morgan fingerprint density at radius 2 is 2.18 bits per heavy atom. The summed E-state index contributed by atoms with van der Waals surface area (Å²) in [7, 11) is 0. The normalized spacial score (nSPS) is 17.4. The van der Waals surface area contributed by atoms with Gasteiger partial charge in [-0.05, 0) is 88.1 Å². The maximum absolute atomic E-state index is 3.62. The molecule has 1 saturated carbocycles. The molecule has 1 atom stereocenters. The molecule has 1 aromatic rings. The van der Waals surface area contributed by atoms with Gasteiger partial charge in [0.05, 0.1) is 7.57 Å². The van der Waals surface area contributed by atoms with E-state index in [9.17, 15) is 0 Å². The standard InChI is InChI=1S/C13H19Br2NS/c1-9(6-7-16-11-4-5-11)2-3-10-8-12(14)17-13(10)15/h8-9,11,16H,2-7H2,1H3. The molecule has 1 unspecified atom stereocenters. The Kier molecular flexibility index (Phi) is 5.52. The van der Waals surface area contributed by atoms with Crippen molar-refractivity contribution in [2.75, 3.05) is 6.54 Å². The summed E-state index contributed by atoms with van der Waals surface area (Å²) in [6.07, 6.45) is 6.56. The molecule has 96 valence electrons. The van der Waals surface area contributed by atoms with Crippen molar-refractivity contribution in [3.05, 3.63) is 19.2 Å². The zero-order valence-corrected chi connectivity index (χ0v) is 14.1. The van der Waals surface area contributed by atoms with Crippen LogP contribution in [-0.4, -0.2) is 12.6 Å². The molecule has 1 fully saturated rings. The van der Waals surface area contributed by atoms with Gasteiger partial charge in [-0.15, -0.1) is 11.3 Å². The molecule has 1 aliphatic carbocycles. The van der Waals surface area contributed by atoms with Gasteiger partial charge in [-0.2, -0.15) is 0 Å². The molecule has 0 aliphatic heterocycles. The molecule has 0 radical (unpaired) electrons. The highest BCUT2D eigenvalue weighted by atomic mass is 79.9. The van der Waals surface area contributed by atoms with Crippen LogP contribution in [0.5, 0.6) is 0 Å². The van der Waals surface area contributed by atoms with Gasteiger partial charge >= 0.3 is 0 Å². The molecule has 4 heteroatoms. The molecule has 17 heavy (non-hydrogen) atoms. The molecule has 1 aromatic heterocycles. The van der Waals surface area contributed by atoms with E-state index in [1.807, 2.05) is 0 Å². The van der Waals surface area contributed by atoms with Gasteiger partial charge in [-0.25, -0.2) is 0 Å². The predicted octanol–water partition coefficient (Wildman–Crippen LogP) is 4.98. The Balaban J connectivity index is 1.64. The molecular weight excluding hydrogens is 362 g/mol. The van der Waals surface area contributed by atoms with Crippen LogP contribution in [0.1, 0.15) is 38.2 Å². The molecule has 1 aliphatic rings. The van der Waals surface area contributed by atoms with Gasteiger partial charge in [0, 0.05) is 6.04 Å². The first kappa shape index (κ1) is 14.0. The van der Waals surface area contributed by atoms with Gasteiger partial charge in [0.2, 0.25) is 0 Å². The van der Waals surface area contributed by atoms with Crippen LogP contribution in [0.15, 0.2) is 13.6 Å². The Hall–Kier alpha value is 0.620. The fraction of sp³-hybridized carbons (Fsp3) is 0.692. The van der Waals surface area contributed by atoms with E-state index in [-0.39, 0.29) is 0 Å². The average molecular weight is 381 g/mol. The number of hydrogen-bond acceptors (Lipinski definition) is 2. The van der Waals surface area contributed by atoms with Crippen molar-refractivity contribution in [3.8, 4) is 0 Å². The van der Waals surface area contributed by atoms with Crippen LogP contribution < -0.4 is 5.32 Å². The molecule has 0 aromatic carbocycles. The lowest BCUT2D eigenvalue weighted by molar-refractivity contribution is 0.469. The van der Waals surface area contributed by atoms with Crippen LogP contribution in [0.4, 0.5) is 0 Å². The second-order valence-corrected chi connectivity index (χ2v) is 8.76. The third-order valence-electron chi connectivity index (χ3n) is 3.28. The highest BCUT2D eigenvalue weighted by Crippen LogP contribution is 2.33. The number of halogens is 2. The highest BCUT2D eigenvalue weighted by molar-refractivity contribution is 9.12. The van der Waals surface area contributed by atoms with Crippen LogP contribution in [-0.2, 0) is 6.42 Å². The Morgan fingerprint density at radius 1 is 1.41 bits per heavy atom. The van der Waals surface area contributed by atoms with Crippen molar-refractivity contribution in [3.63, 3.8) is 0 Å². The SMILES string of the molecule is CC(CCNC1CC1)CCc1cc(Br)sc1Br. The van der Waals surface area contributed by atoms with Crippen molar-refractivity contribution in [1.82, 2.24) is 5.32 Å². The van der Waals surface area contributed by atoms with Crippen molar-refractivity contribution in [1.29, 1.82) is 0 Å². The summed E-state index contributed by atoms with van der Waals surface area (Å²) in [4.78, 5) is 0. The van der Waals surface area contributed by atoms with E-state index in [0.29, 0.717) is 0 Å². The number of nitrogens with one attached hydrogen (secondary N) is 1. The Labute approximate surface area is 125 Å². The van der Waals surface area contributed by atoms with Crippen molar-refractivity contribution in [2.45, 2.75) is 45.1 Å². The maximum atomic E-state index is 3.62. The molecule has 0 amide bonds. The van der Waals surface area contributed by atoms with Gasteiger partial charge in [-0.3, -0.25) is 0 Å². The van der Waals surface area contributed by atoms with Gasteiger partial charge < -0.3 is 5.32 Å². The van der Waals surface area contributed by atoms with Crippen molar-refractivity contribution >= 4 is 43.2 Å². The summed E-state index contributed by atoms with van der Waals surface area (Å²) in [6.45, 7) is 3.56. The lowest BCUT2D eigenvalue weighted by Gasteiger charge is -2.11. The van der Waals surface area contributed by atoms with E-state index >= 15 is 0 Å². The summed E-state index contributed by atoms with van der Waals surface area (Å²) in [5.41, 5.74) is 1.45. The summed E-state index contributed by atoms with van der Waals surface area (Å²) < 4.78 is 2.51. The molecule has 1 heterocycles. The fourth-order valence-electron chi connectivity index (χ4n) is 1.91. The van der Waals surface area contributed by atoms with Crippen molar-refractivity contribution < 1.29 is 0 Å². The van der Waals surface area contributed by atoms with Crippen LogP contribution in [0.2, 0.25) is 0 Å². The summed E-state index contributed by atoms with van der Waals surface area (Å²) in [5, 5.41) is 3.59. The monoisotopic (exact) mass is 379 g/mol. The van der Waals surface area contributed by atoms with Gasteiger partial charge in [0.25, 0.3) is 0 Å². The van der Waals surface area contributed by atoms with Gasteiger partial charge in [-0.1, -0.05) is 6.92 Å². The first-order valence-electron chi connectivity index (χ1n) is 6.32. The first-order chi connectivity index (χ1) is 8.15. The highest BCUT2D eigenvalue weighted by Gasteiger charge is 2.19. The molecule has 0 spiro atoms. The lowest BCUT2D eigenvalue weighted by Crippen LogP contribution is -2.19. The summed E-state index contributed by atoms with van der Waals surface area (Å²) >= 11 is 8.93. The minimum atomic E-state index is 0.812. The third-order valence-corrected chi connectivity index (χ3v) is 5.74. The van der Waals surface area contributed by atoms with E-state index in [1.54, 1.807) is 11.3 Å². The van der Waals surface area contributed by atoms with E-state index in [1.165, 1.54) is 51.8 Å². The molecular formula is C13H19Br2NS. The van der Waals surface area contributed by atoms with E-state index in [4.69, 9.17) is 0 Å². The topological polar surface area (TPSA) is 12.0 Å². The van der Waals surface area contributed by atoms with Crippen LogP contribution in [0.3, 0.4) is 0 Å². The van der Waals surface area contributed by atoms with Crippen LogP contribution in [0.25, 0.3) is 0 Å². The largest absolute Gasteiger partial charge is 0.314 e. The maximum Gasteiger partial charge on any atom is 0.0742 e. The summed E-state index contributed by atoms with van der Waals surface area (Å²) in [6, 6.07) is 3.09. The minimum absolute atomic E-state index is 0.812. The quantitative estimate of drug-likeness (QED) is 0.702. The lowest BCUT2D eigenvalue weighted by atomic mass is 9.99. The zero-order chi connectivity index (χ0) is 12.3. The van der Waals surface area contributed by atoms with E-state index < -0.39 is 0 Å². The second kappa shape index (κ2) is 6.69. The number of aryl methyl sites for hydroxylation is 1. The van der Waals surface area contributed by atoms with Gasteiger partial charge in [0.1, 0.15) is 0 Å². The fourth-order valence-corrected chi connectivity index (χ4v) is 4.83.